The molecule has 0 aliphatic carbocycles. The summed E-state index contributed by atoms with van der Waals surface area (Å²) in [6.45, 7) is 7.39. The van der Waals surface area contributed by atoms with Gasteiger partial charge in [0, 0.05) is 42.7 Å². The Kier molecular flexibility index (Phi) is 3.98. The molecule has 0 saturated carbocycles. The van der Waals surface area contributed by atoms with Gasteiger partial charge in [-0.15, -0.1) is 0 Å². The maximum absolute atomic E-state index is 13.9. The number of carbonyl (C=O) groups excluding carboxylic acids is 1. The summed E-state index contributed by atoms with van der Waals surface area (Å²) in [6.07, 6.45) is 1.67. The highest BCUT2D eigenvalue weighted by Gasteiger charge is 2.31. The van der Waals surface area contributed by atoms with Crippen LogP contribution < -0.4 is 15.0 Å². The first-order valence-electron chi connectivity index (χ1n) is 7.99. The van der Waals surface area contributed by atoms with Crippen molar-refractivity contribution in [3.05, 3.63) is 23.5 Å². The molecule has 2 heterocycles. The number of carbonyl (C=O) groups is 1. The predicted molar refractivity (Wildman–Crippen MR) is 83.8 cm³/mol. The number of anilines is 1. The number of nitrogens with zero attached hydrogens (tertiary/aromatic N) is 1. The van der Waals surface area contributed by atoms with Gasteiger partial charge < -0.3 is 15.0 Å². The Labute approximate surface area is 130 Å². The smallest absolute Gasteiger partial charge is 0.222 e. The van der Waals surface area contributed by atoms with Crippen LogP contribution in [-0.2, 0) is 11.2 Å². The zero-order valence-corrected chi connectivity index (χ0v) is 13.4. The normalized spacial score (nSPS) is 23.6. The molecule has 1 unspecified atom stereocenters. The van der Waals surface area contributed by atoms with Crippen molar-refractivity contribution in [1.29, 1.82) is 0 Å². The number of halogens is 1. The zero-order valence-electron chi connectivity index (χ0n) is 13.4. The lowest BCUT2D eigenvalue weighted by molar-refractivity contribution is -0.124. The van der Waals surface area contributed by atoms with E-state index >= 15 is 0 Å². The summed E-state index contributed by atoms with van der Waals surface area (Å²) in [6, 6.07) is 3.48. The number of ether oxygens (including phenoxy) is 1. The van der Waals surface area contributed by atoms with Crippen molar-refractivity contribution in [3.8, 4) is 5.75 Å². The standard InChI is InChI=1S/C17H23FN2O2/c1-10(2)17(21)19-12-6-7-20(9-12)15-5-4-14(18)16-13(15)8-11(3)22-16/h4-5,10-12H,6-9H2,1-3H3,(H,19,21)/t11?,12-/m0/s1. The Morgan fingerprint density at radius 2 is 2.23 bits per heavy atom. The van der Waals surface area contributed by atoms with Crippen molar-refractivity contribution in [2.24, 2.45) is 5.92 Å². The van der Waals surface area contributed by atoms with Gasteiger partial charge in [0.25, 0.3) is 0 Å². The van der Waals surface area contributed by atoms with Gasteiger partial charge in [0.2, 0.25) is 5.91 Å². The average Bonchev–Trinajstić information content (AvgIpc) is 3.06. The summed E-state index contributed by atoms with van der Waals surface area (Å²) in [5.41, 5.74) is 2.00. The third-order valence-electron chi connectivity index (χ3n) is 4.40. The van der Waals surface area contributed by atoms with Crippen molar-refractivity contribution in [1.82, 2.24) is 5.32 Å². The molecular formula is C17H23FN2O2. The highest BCUT2D eigenvalue weighted by atomic mass is 19.1. The van der Waals surface area contributed by atoms with Gasteiger partial charge in [0.15, 0.2) is 11.6 Å². The quantitative estimate of drug-likeness (QED) is 0.933. The lowest BCUT2D eigenvalue weighted by Crippen LogP contribution is -2.39. The van der Waals surface area contributed by atoms with Crippen molar-refractivity contribution >= 4 is 11.6 Å². The van der Waals surface area contributed by atoms with Crippen LogP contribution in [-0.4, -0.2) is 31.1 Å². The van der Waals surface area contributed by atoms with Crippen LogP contribution in [0.25, 0.3) is 0 Å². The molecule has 1 amide bonds. The van der Waals surface area contributed by atoms with Gasteiger partial charge >= 0.3 is 0 Å². The van der Waals surface area contributed by atoms with E-state index < -0.39 is 0 Å². The van der Waals surface area contributed by atoms with Crippen LogP contribution >= 0.6 is 0 Å². The molecule has 1 fully saturated rings. The Bertz CT molecular complexity index is 588. The number of hydrogen-bond donors (Lipinski definition) is 1. The molecule has 120 valence electrons. The van der Waals surface area contributed by atoms with E-state index in [-0.39, 0.29) is 29.8 Å². The number of hydrogen-bond acceptors (Lipinski definition) is 3. The van der Waals surface area contributed by atoms with Crippen molar-refractivity contribution in [2.75, 3.05) is 18.0 Å². The molecular weight excluding hydrogens is 283 g/mol. The number of fused-ring (bicyclic) bond motifs is 1. The molecule has 0 spiro atoms. The molecule has 2 aliphatic rings. The molecule has 2 aliphatic heterocycles. The minimum Gasteiger partial charge on any atom is -0.487 e. The monoisotopic (exact) mass is 306 g/mol. The molecule has 4 nitrogen and oxygen atoms in total. The molecule has 1 aromatic carbocycles. The van der Waals surface area contributed by atoms with Gasteiger partial charge in [-0.05, 0) is 25.5 Å². The SMILES string of the molecule is CC1Cc2c(N3CC[C@H](NC(=O)C(C)C)C3)ccc(F)c2O1. The minimum atomic E-state index is -0.285. The second-order valence-corrected chi connectivity index (χ2v) is 6.60. The summed E-state index contributed by atoms with van der Waals surface area (Å²) in [5.74, 6) is 0.207. The van der Waals surface area contributed by atoms with Crippen LogP contribution in [0.15, 0.2) is 12.1 Å². The minimum absolute atomic E-state index is 0.00151. The summed E-state index contributed by atoms with van der Waals surface area (Å²) in [4.78, 5) is 14.0. The zero-order chi connectivity index (χ0) is 15.9. The molecule has 5 heteroatoms. The second kappa shape index (κ2) is 5.78. The van der Waals surface area contributed by atoms with Crippen LogP contribution in [0.5, 0.6) is 5.75 Å². The third-order valence-corrected chi connectivity index (χ3v) is 4.40. The molecule has 0 bridgehead atoms. The van der Waals surface area contributed by atoms with Crippen LogP contribution in [0.1, 0.15) is 32.8 Å². The van der Waals surface area contributed by atoms with E-state index in [9.17, 15) is 9.18 Å². The molecule has 0 aromatic heterocycles. The Hall–Kier alpha value is -1.78. The number of benzene rings is 1. The van der Waals surface area contributed by atoms with Crippen LogP contribution in [0.3, 0.4) is 0 Å². The highest BCUT2D eigenvalue weighted by Crippen LogP contribution is 2.39. The lowest BCUT2D eigenvalue weighted by Gasteiger charge is -2.22. The fourth-order valence-electron chi connectivity index (χ4n) is 3.20. The number of rotatable bonds is 3. The Balaban J connectivity index is 1.75. The summed E-state index contributed by atoms with van der Waals surface area (Å²) < 4.78 is 19.5. The number of nitrogens with one attached hydrogen (secondary N) is 1. The second-order valence-electron chi connectivity index (χ2n) is 6.60. The van der Waals surface area contributed by atoms with Gasteiger partial charge in [-0.1, -0.05) is 13.8 Å². The van der Waals surface area contributed by atoms with Gasteiger partial charge in [-0.2, -0.15) is 0 Å². The summed E-state index contributed by atoms with van der Waals surface area (Å²) in [5, 5.41) is 3.08. The molecule has 1 aromatic rings. The van der Waals surface area contributed by atoms with Crippen molar-refractivity contribution < 1.29 is 13.9 Å². The molecule has 22 heavy (non-hydrogen) atoms. The Morgan fingerprint density at radius 1 is 1.45 bits per heavy atom. The van der Waals surface area contributed by atoms with Crippen molar-refractivity contribution in [3.63, 3.8) is 0 Å². The van der Waals surface area contributed by atoms with Gasteiger partial charge in [-0.3, -0.25) is 4.79 Å². The maximum Gasteiger partial charge on any atom is 0.222 e. The number of amides is 1. The molecule has 1 saturated heterocycles. The van der Waals surface area contributed by atoms with E-state index in [0.29, 0.717) is 5.75 Å². The van der Waals surface area contributed by atoms with Crippen LogP contribution in [0, 0.1) is 11.7 Å². The first kappa shape index (κ1) is 15.1. The average molecular weight is 306 g/mol. The van der Waals surface area contributed by atoms with Gasteiger partial charge in [-0.25, -0.2) is 4.39 Å². The molecule has 2 atom stereocenters. The van der Waals surface area contributed by atoms with Crippen LogP contribution in [0.2, 0.25) is 0 Å². The molecule has 3 rings (SSSR count). The first-order valence-corrected chi connectivity index (χ1v) is 7.99. The lowest BCUT2D eigenvalue weighted by atomic mass is 10.1. The maximum atomic E-state index is 13.9. The third kappa shape index (κ3) is 2.76. The van der Waals surface area contributed by atoms with E-state index in [2.05, 4.69) is 10.2 Å². The van der Waals surface area contributed by atoms with E-state index in [0.717, 1.165) is 37.2 Å². The summed E-state index contributed by atoms with van der Waals surface area (Å²) >= 11 is 0. The fraction of sp³-hybridized carbons (Fsp3) is 0.588. The predicted octanol–water partition coefficient (Wildman–Crippen LogP) is 2.50. The Morgan fingerprint density at radius 3 is 2.95 bits per heavy atom. The van der Waals surface area contributed by atoms with Gasteiger partial charge in [0.05, 0.1) is 0 Å². The van der Waals surface area contributed by atoms with E-state index in [1.807, 2.05) is 26.8 Å². The highest BCUT2D eigenvalue weighted by molar-refractivity contribution is 5.78. The molecule has 1 N–H and O–H groups in total. The van der Waals surface area contributed by atoms with Crippen molar-refractivity contribution in [2.45, 2.75) is 45.8 Å². The summed E-state index contributed by atoms with van der Waals surface area (Å²) in [7, 11) is 0. The molecule has 0 radical (unpaired) electrons. The first-order chi connectivity index (χ1) is 10.5. The van der Waals surface area contributed by atoms with Gasteiger partial charge in [0.1, 0.15) is 6.10 Å². The van der Waals surface area contributed by atoms with Crippen LogP contribution in [0.4, 0.5) is 10.1 Å². The fourth-order valence-corrected chi connectivity index (χ4v) is 3.20. The topological polar surface area (TPSA) is 41.6 Å². The van der Waals surface area contributed by atoms with E-state index in [4.69, 9.17) is 4.74 Å². The van der Waals surface area contributed by atoms with E-state index in [1.165, 1.54) is 6.07 Å². The largest absolute Gasteiger partial charge is 0.487 e. The van der Waals surface area contributed by atoms with E-state index in [1.54, 1.807) is 0 Å².